The number of nitriles is 1. The van der Waals surface area contributed by atoms with Gasteiger partial charge in [0, 0.05) is 17.1 Å². The highest BCUT2D eigenvalue weighted by Crippen LogP contribution is 2.31. The lowest BCUT2D eigenvalue weighted by Crippen LogP contribution is -1.84. The zero-order chi connectivity index (χ0) is 13.9. The number of halogens is 1. The van der Waals surface area contributed by atoms with Crippen molar-refractivity contribution in [3.8, 4) is 28.0 Å². The lowest BCUT2D eigenvalue weighted by molar-refractivity contribution is 1.29. The SMILES string of the molecule is N#Cc1cccc(-c2csc(-c3ncccc3Cl)n2)c1. The van der Waals surface area contributed by atoms with Crippen molar-refractivity contribution in [1.29, 1.82) is 5.26 Å². The number of nitrogens with zero attached hydrogens (tertiary/aromatic N) is 3. The fraction of sp³-hybridized carbons (Fsp3) is 0. The van der Waals surface area contributed by atoms with Crippen LogP contribution < -0.4 is 0 Å². The van der Waals surface area contributed by atoms with E-state index in [-0.39, 0.29) is 0 Å². The van der Waals surface area contributed by atoms with Gasteiger partial charge < -0.3 is 0 Å². The first-order valence-electron chi connectivity index (χ1n) is 5.85. The number of pyridine rings is 1. The molecule has 3 rings (SSSR count). The Morgan fingerprint density at radius 2 is 2.10 bits per heavy atom. The van der Waals surface area contributed by atoms with Gasteiger partial charge in [-0.15, -0.1) is 11.3 Å². The summed E-state index contributed by atoms with van der Waals surface area (Å²) in [6.07, 6.45) is 1.69. The van der Waals surface area contributed by atoms with E-state index in [0.29, 0.717) is 16.3 Å². The molecule has 0 unspecified atom stereocenters. The molecular formula is C15H8ClN3S. The molecule has 2 aromatic heterocycles. The lowest BCUT2D eigenvalue weighted by atomic mass is 10.1. The van der Waals surface area contributed by atoms with Gasteiger partial charge in [-0.25, -0.2) is 4.98 Å². The fourth-order valence-electron chi connectivity index (χ4n) is 1.81. The first-order valence-corrected chi connectivity index (χ1v) is 7.10. The molecule has 0 atom stereocenters. The molecule has 0 radical (unpaired) electrons. The molecule has 0 N–H and O–H groups in total. The minimum absolute atomic E-state index is 0.583. The molecule has 20 heavy (non-hydrogen) atoms. The predicted octanol–water partition coefficient (Wildman–Crippen LogP) is 4.40. The topological polar surface area (TPSA) is 49.6 Å². The second-order valence-corrected chi connectivity index (χ2v) is 5.33. The van der Waals surface area contributed by atoms with Crippen LogP contribution in [-0.4, -0.2) is 9.97 Å². The van der Waals surface area contributed by atoms with Crippen LogP contribution in [0, 0.1) is 11.3 Å². The monoisotopic (exact) mass is 297 g/mol. The standard InChI is InChI=1S/C15H8ClN3S/c16-12-5-2-6-18-14(12)15-19-13(9-20-15)11-4-1-3-10(7-11)8-17/h1-7,9H. The Hall–Kier alpha value is -2.22. The second-order valence-electron chi connectivity index (χ2n) is 4.06. The molecule has 0 aliphatic heterocycles. The van der Waals surface area contributed by atoms with Gasteiger partial charge in [-0.1, -0.05) is 23.7 Å². The third-order valence-corrected chi connectivity index (χ3v) is 3.91. The average Bonchev–Trinajstić information content (AvgIpc) is 2.97. The maximum absolute atomic E-state index is 8.93. The van der Waals surface area contributed by atoms with E-state index in [1.54, 1.807) is 24.4 Å². The number of benzene rings is 1. The van der Waals surface area contributed by atoms with Crippen LogP contribution in [0.1, 0.15) is 5.56 Å². The smallest absolute Gasteiger partial charge is 0.144 e. The summed E-state index contributed by atoms with van der Waals surface area (Å²) in [7, 11) is 0. The molecule has 0 saturated heterocycles. The van der Waals surface area contributed by atoms with E-state index in [2.05, 4.69) is 16.0 Å². The van der Waals surface area contributed by atoms with Crippen molar-refractivity contribution in [2.24, 2.45) is 0 Å². The van der Waals surface area contributed by atoms with E-state index in [4.69, 9.17) is 16.9 Å². The van der Waals surface area contributed by atoms with Gasteiger partial charge in [0.1, 0.15) is 10.7 Å². The summed E-state index contributed by atoms with van der Waals surface area (Å²) in [5, 5.41) is 12.2. The van der Waals surface area contributed by atoms with Crippen LogP contribution in [0.4, 0.5) is 0 Å². The Morgan fingerprint density at radius 3 is 2.90 bits per heavy atom. The molecule has 3 aromatic rings. The van der Waals surface area contributed by atoms with Gasteiger partial charge in [0.25, 0.3) is 0 Å². The van der Waals surface area contributed by atoms with E-state index < -0.39 is 0 Å². The van der Waals surface area contributed by atoms with Crippen molar-refractivity contribution < 1.29 is 0 Å². The lowest BCUT2D eigenvalue weighted by Gasteiger charge is -1.98. The van der Waals surface area contributed by atoms with Gasteiger partial charge in [-0.3, -0.25) is 4.98 Å². The van der Waals surface area contributed by atoms with Gasteiger partial charge in [-0.05, 0) is 24.3 Å². The van der Waals surface area contributed by atoms with E-state index in [1.807, 2.05) is 23.6 Å². The molecule has 96 valence electrons. The molecule has 0 aliphatic carbocycles. The maximum Gasteiger partial charge on any atom is 0.144 e. The first kappa shape index (κ1) is 12.8. The van der Waals surface area contributed by atoms with E-state index in [0.717, 1.165) is 16.3 Å². The normalized spacial score (nSPS) is 10.2. The summed E-state index contributed by atoms with van der Waals surface area (Å²) in [6, 6.07) is 13.1. The van der Waals surface area contributed by atoms with E-state index in [1.165, 1.54) is 11.3 Å². The molecule has 0 spiro atoms. The van der Waals surface area contributed by atoms with Gasteiger partial charge >= 0.3 is 0 Å². The highest BCUT2D eigenvalue weighted by Gasteiger charge is 2.10. The number of hydrogen-bond acceptors (Lipinski definition) is 4. The number of hydrogen-bond donors (Lipinski definition) is 0. The second kappa shape index (κ2) is 5.41. The number of rotatable bonds is 2. The van der Waals surface area contributed by atoms with Crippen LogP contribution >= 0.6 is 22.9 Å². The molecule has 3 nitrogen and oxygen atoms in total. The maximum atomic E-state index is 8.93. The van der Waals surface area contributed by atoms with Crippen molar-refractivity contribution >= 4 is 22.9 Å². The van der Waals surface area contributed by atoms with Crippen molar-refractivity contribution in [3.05, 3.63) is 58.6 Å². The minimum Gasteiger partial charge on any atom is -0.252 e. The Kier molecular flexibility index (Phi) is 3.46. The van der Waals surface area contributed by atoms with Crippen LogP contribution in [0.25, 0.3) is 22.0 Å². The molecule has 2 heterocycles. The summed E-state index contributed by atoms with van der Waals surface area (Å²) in [6.45, 7) is 0. The summed E-state index contributed by atoms with van der Waals surface area (Å²) in [4.78, 5) is 8.80. The van der Waals surface area contributed by atoms with E-state index >= 15 is 0 Å². The highest BCUT2D eigenvalue weighted by atomic mass is 35.5. The third kappa shape index (κ3) is 2.42. The first-order chi connectivity index (χ1) is 9.78. The van der Waals surface area contributed by atoms with Crippen molar-refractivity contribution in [1.82, 2.24) is 9.97 Å². The number of aromatic nitrogens is 2. The largest absolute Gasteiger partial charge is 0.252 e. The molecule has 0 bridgehead atoms. The van der Waals surface area contributed by atoms with Gasteiger partial charge in [0.05, 0.1) is 22.3 Å². The summed E-state index contributed by atoms with van der Waals surface area (Å²) in [5.41, 5.74) is 3.04. The van der Waals surface area contributed by atoms with Crippen LogP contribution in [0.15, 0.2) is 48.0 Å². The Bertz CT molecular complexity index is 805. The molecule has 0 fully saturated rings. The van der Waals surface area contributed by atoms with Crippen LogP contribution in [0.3, 0.4) is 0 Å². The summed E-state index contributed by atoms with van der Waals surface area (Å²) in [5.74, 6) is 0. The highest BCUT2D eigenvalue weighted by molar-refractivity contribution is 7.13. The molecule has 0 amide bonds. The van der Waals surface area contributed by atoms with Gasteiger partial charge in [0.15, 0.2) is 0 Å². The Morgan fingerprint density at radius 1 is 1.20 bits per heavy atom. The molecule has 5 heteroatoms. The zero-order valence-electron chi connectivity index (χ0n) is 10.2. The van der Waals surface area contributed by atoms with Crippen LogP contribution in [0.2, 0.25) is 5.02 Å². The van der Waals surface area contributed by atoms with Crippen LogP contribution in [-0.2, 0) is 0 Å². The molecule has 0 aliphatic rings. The minimum atomic E-state index is 0.583. The molecular weight excluding hydrogens is 290 g/mol. The van der Waals surface area contributed by atoms with Gasteiger partial charge in [0.2, 0.25) is 0 Å². The fourth-order valence-corrected chi connectivity index (χ4v) is 2.91. The summed E-state index contributed by atoms with van der Waals surface area (Å²) >= 11 is 7.61. The quantitative estimate of drug-likeness (QED) is 0.704. The third-order valence-electron chi connectivity index (χ3n) is 2.75. The van der Waals surface area contributed by atoms with Crippen molar-refractivity contribution in [2.45, 2.75) is 0 Å². The van der Waals surface area contributed by atoms with Crippen molar-refractivity contribution in [2.75, 3.05) is 0 Å². The zero-order valence-corrected chi connectivity index (χ0v) is 11.8. The van der Waals surface area contributed by atoms with Crippen LogP contribution in [0.5, 0.6) is 0 Å². The Labute approximate surface area is 125 Å². The molecule has 0 saturated carbocycles. The Balaban J connectivity index is 2.02. The van der Waals surface area contributed by atoms with Gasteiger partial charge in [-0.2, -0.15) is 5.26 Å². The average molecular weight is 298 g/mol. The number of thiazole rings is 1. The predicted molar refractivity (Wildman–Crippen MR) is 80.5 cm³/mol. The van der Waals surface area contributed by atoms with Crippen molar-refractivity contribution in [3.63, 3.8) is 0 Å². The van der Waals surface area contributed by atoms with E-state index in [9.17, 15) is 0 Å². The molecule has 1 aromatic carbocycles. The summed E-state index contributed by atoms with van der Waals surface area (Å²) < 4.78 is 0.